The average Bonchev–Trinajstić information content (AvgIpc) is 2.62. The summed E-state index contributed by atoms with van der Waals surface area (Å²) >= 11 is 0. The van der Waals surface area contributed by atoms with Crippen LogP contribution in [0, 0.1) is 12.7 Å². The standard InChI is InChI=1S/C12H17FN2O3S/c1-9-11(13)7-10(14)8-12(9)19(16,17)15-3-2-5-18-6-4-15/h7-8H,2-6,14H2,1H3. The Kier molecular flexibility index (Phi) is 4.07. The number of anilines is 1. The zero-order valence-corrected chi connectivity index (χ0v) is 11.5. The number of halogens is 1. The molecule has 19 heavy (non-hydrogen) atoms. The molecule has 1 aliphatic heterocycles. The van der Waals surface area contributed by atoms with Gasteiger partial charge >= 0.3 is 0 Å². The maximum absolute atomic E-state index is 13.6. The predicted octanol–water partition coefficient (Wildman–Crippen LogP) is 1.13. The van der Waals surface area contributed by atoms with E-state index in [1.807, 2.05) is 0 Å². The maximum Gasteiger partial charge on any atom is 0.243 e. The molecule has 1 saturated heterocycles. The summed E-state index contributed by atoms with van der Waals surface area (Å²) in [6.45, 7) is 2.98. The molecule has 7 heteroatoms. The topological polar surface area (TPSA) is 72.6 Å². The number of ether oxygens (including phenoxy) is 1. The molecule has 0 saturated carbocycles. The molecule has 0 atom stereocenters. The molecule has 1 aromatic carbocycles. The average molecular weight is 288 g/mol. The molecule has 2 rings (SSSR count). The van der Waals surface area contributed by atoms with Crippen molar-refractivity contribution in [3.8, 4) is 0 Å². The largest absolute Gasteiger partial charge is 0.399 e. The van der Waals surface area contributed by atoms with Gasteiger partial charge in [-0.05, 0) is 25.5 Å². The van der Waals surface area contributed by atoms with Crippen molar-refractivity contribution >= 4 is 15.7 Å². The van der Waals surface area contributed by atoms with Gasteiger partial charge < -0.3 is 10.5 Å². The van der Waals surface area contributed by atoms with Gasteiger partial charge in [0.15, 0.2) is 0 Å². The van der Waals surface area contributed by atoms with Crippen LogP contribution < -0.4 is 5.73 Å². The zero-order valence-electron chi connectivity index (χ0n) is 10.7. The molecule has 0 amide bonds. The van der Waals surface area contributed by atoms with E-state index < -0.39 is 15.8 Å². The van der Waals surface area contributed by atoms with Gasteiger partial charge in [-0.3, -0.25) is 0 Å². The summed E-state index contributed by atoms with van der Waals surface area (Å²) in [5, 5.41) is 0. The Hall–Kier alpha value is -1.18. The van der Waals surface area contributed by atoms with E-state index >= 15 is 0 Å². The van der Waals surface area contributed by atoms with Crippen LogP contribution in [0.2, 0.25) is 0 Å². The van der Waals surface area contributed by atoms with Gasteiger partial charge in [0, 0.05) is 30.9 Å². The lowest BCUT2D eigenvalue weighted by molar-refractivity contribution is 0.148. The molecule has 0 spiro atoms. The van der Waals surface area contributed by atoms with Crippen molar-refractivity contribution in [1.29, 1.82) is 0 Å². The molecule has 0 unspecified atom stereocenters. The van der Waals surface area contributed by atoms with Crippen LogP contribution in [0.5, 0.6) is 0 Å². The first kappa shape index (κ1) is 14.2. The van der Waals surface area contributed by atoms with Crippen molar-refractivity contribution in [2.75, 3.05) is 32.0 Å². The van der Waals surface area contributed by atoms with Crippen LogP contribution in [0.25, 0.3) is 0 Å². The minimum Gasteiger partial charge on any atom is -0.399 e. The van der Waals surface area contributed by atoms with Crippen molar-refractivity contribution in [2.45, 2.75) is 18.2 Å². The third kappa shape index (κ3) is 2.88. The number of hydrogen-bond donors (Lipinski definition) is 1. The normalized spacial score (nSPS) is 18.2. The molecule has 0 aliphatic carbocycles. The first-order valence-electron chi connectivity index (χ1n) is 6.06. The van der Waals surface area contributed by atoms with Crippen LogP contribution in [0.3, 0.4) is 0 Å². The Morgan fingerprint density at radius 3 is 2.79 bits per heavy atom. The van der Waals surface area contributed by atoms with E-state index in [1.165, 1.54) is 17.3 Å². The number of nitrogens with zero attached hydrogens (tertiary/aromatic N) is 1. The van der Waals surface area contributed by atoms with E-state index in [1.54, 1.807) is 0 Å². The molecule has 5 nitrogen and oxygen atoms in total. The van der Waals surface area contributed by atoms with Gasteiger partial charge in [0.05, 0.1) is 11.5 Å². The summed E-state index contributed by atoms with van der Waals surface area (Å²) in [6.07, 6.45) is 0.628. The first-order valence-corrected chi connectivity index (χ1v) is 7.50. The molecule has 1 aromatic rings. The second-order valence-corrected chi connectivity index (χ2v) is 6.40. The summed E-state index contributed by atoms with van der Waals surface area (Å²) < 4.78 is 45.2. The molecule has 0 aromatic heterocycles. The fourth-order valence-corrected chi connectivity index (χ4v) is 3.78. The van der Waals surface area contributed by atoms with Crippen LogP contribution in [0.1, 0.15) is 12.0 Å². The number of hydrogen-bond acceptors (Lipinski definition) is 4. The third-order valence-corrected chi connectivity index (χ3v) is 5.14. The van der Waals surface area contributed by atoms with Gasteiger partial charge in [0.25, 0.3) is 0 Å². The first-order chi connectivity index (χ1) is 8.93. The van der Waals surface area contributed by atoms with Gasteiger partial charge in [0.2, 0.25) is 10.0 Å². The summed E-state index contributed by atoms with van der Waals surface area (Å²) in [7, 11) is -3.73. The Bertz CT molecular complexity index is 567. The minimum absolute atomic E-state index is 0.0631. The smallest absolute Gasteiger partial charge is 0.243 e. The van der Waals surface area contributed by atoms with E-state index in [2.05, 4.69) is 0 Å². The predicted molar refractivity (Wildman–Crippen MR) is 69.7 cm³/mol. The van der Waals surface area contributed by atoms with Crippen LogP contribution in [-0.2, 0) is 14.8 Å². The molecule has 1 fully saturated rings. The minimum atomic E-state index is -3.73. The van der Waals surface area contributed by atoms with Gasteiger partial charge in [0.1, 0.15) is 5.82 Å². The Labute approximate surface area is 112 Å². The lowest BCUT2D eigenvalue weighted by Gasteiger charge is -2.21. The van der Waals surface area contributed by atoms with Crippen molar-refractivity contribution < 1.29 is 17.5 Å². The summed E-state index contributed by atoms with van der Waals surface area (Å²) in [5.41, 5.74) is 5.74. The van der Waals surface area contributed by atoms with E-state index in [-0.39, 0.29) is 22.7 Å². The maximum atomic E-state index is 13.6. The molecular weight excluding hydrogens is 271 g/mol. The highest BCUT2D eigenvalue weighted by Crippen LogP contribution is 2.25. The fraction of sp³-hybridized carbons (Fsp3) is 0.500. The molecule has 0 radical (unpaired) electrons. The number of nitrogen functional groups attached to an aromatic ring is 1. The van der Waals surface area contributed by atoms with Gasteiger partial charge in [-0.25, -0.2) is 12.8 Å². The van der Waals surface area contributed by atoms with Crippen molar-refractivity contribution in [3.05, 3.63) is 23.5 Å². The monoisotopic (exact) mass is 288 g/mol. The fourth-order valence-electron chi connectivity index (χ4n) is 2.04. The molecular formula is C12H17FN2O3S. The number of sulfonamides is 1. The Balaban J connectivity index is 2.44. The summed E-state index contributed by atoms with van der Waals surface area (Å²) in [6, 6.07) is 2.43. The van der Waals surface area contributed by atoms with Crippen LogP contribution in [0.15, 0.2) is 17.0 Å². The number of benzene rings is 1. The molecule has 0 bridgehead atoms. The van der Waals surface area contributed by atoms with E-state index in [9.17, 15) is 12.8 Å². The van der Waals surface area contributed by atoms with Gasteiger partial charge in [-0.1, -0.05) is 0 Å². The van der Waals surface area contributed by atoms with Crippen molar-refractivity contribution in [2.24, 2.45) is 0 Å². The van der Waals surface area contributed by atoms with Gasteiger partial charge in [-0.15, -0.1) is 0 Å². The van der Waals surface area contributed by atoms with Crippen LogP contribution in [0.4, 0.5) is 10.1 Å². The van der Waals surface area contributed by atoms with Gasteiger partial charge in [-0.2, -0.15) is 4.31 Å². The number of rotatable bonds is 2. The van der Waals surface area contributed by atoms with E-state index in [4.69, 9.17) is 10.5 Å². The third-order valence-electron chi connectivity index (χ3n) is 3.12. The zero-order chi connectivity index (χ0) is 14.0. The highest BCUT2D eigenvalue weighted by molar-refractivity contribution is 7.89. The summed E-state index contributed by atoms with van der Waals surface area (Å²) in [4.78, 5) is -0.0631. The Morgan fingerprint density at radius 2 is 2.05 bits per heavy atom. The Morgan fingerprint density at radius 1 is 1.32 bits per heavy atom. The lowest BCUT2D eigenvalue weighted by atomic mass is 10.2. The quantitative estimate of drug-likeness (QED) is 0.828. The van der Waals surface area contributed by atoms with Crippen LogP contribution >= 0.6 is 0 Å². The van der Waals surface area contributed by atoms with Crippen LogP contribution in [-0.4, -0.2) is 39.0 Å². The number of nitrogens with two attached hydrogens (primary N) is 1. The second-order valence-electron chi connectivity index (χ2n) is 4.50. The van der Waals surface area contributed by atoms with E-state index in [0.29, 0.717) is 26.2 Å². The van der Waals surface area contributed by atoms with Crippen molar-refractivity contribution in [3.63, 3.8) is 0 Å². The molecule has 2 N–H and O–H groups in total. The molecule has 1 aliphatic rings. The van der Waals surface area contributed by atoms with Crippen molar-refractivity contribution in [1.82, 2.24) is 4.31 Å². The molecule has 106 valence electrons. The second kappa shape index (κ2) is 5.44. The molecule has 1 heterocycles. The lowest BCUT2D eigenvalue weighted by Crippen LogP contribution is -2.33. The highest BCUT2D eigenvalue weighted by atomic mass is 32.2. The summed E-state index contributed by atoms with van der Waals surface area (Å²) in [5.74, 6) is -0.607. The van der Waals surface area contributed by atoms with E-state index in [0.717, 1.165) is 6.07 Å². The highest BCUT2D eigenvalue weighted by Gasteiger charge is 2.28. The SMILES string of the molecule is Cc1c(F)cc(N)cc1S(=O)(=O)N1CCCOCC1.